The van der Waals surface area contributed by atoms with Crippen molar-refractivity contribution in [3.8, 4) is 0 Å². The molecule has 1 unspecified atom stereocenters. The Morgan fingerprint density at radius 2 is 2.47 bits per heavy atom. The van der Waals surface area contributed by atoms with Crippen molar-refractivity contribution >= 4 is 17.2 Å². The smallest absolute Gasteiger partial charge is 0.263 e. The fourth-order valence-corrected chi connectivity index (χ4v) is 2.73. The summed E-state index contributed by atoms with van der Waals surface area (Å²) in [6.07, 6.45) is 0.110. The lowest BCUT2D eigenvalue weighted by molar-refractivity contribution is 0.0105. The van der Waals surface area contributed by atoms with Gasteiger partial charge < -0.3 is 15.0 Å². The molecular formula is C12H18N2O2S. The molecule has 1 aliphatic heterocycles. The van der Waals surface area contributed by atoms with Gasteiger partial charge in [-0.1, -0.05) is 0 Å². The van der Waals surface area contributed by atoms with Crippen LogP contribution >= 0.6 is 11.3 Å². The molecule has 1 aromatic rings. The first-order valence-electron chi connectivity index (χ1n) is 5.81. The molecule has 2 heterocycles. The summed E-state index contributed by atoms with van der Waals surface area (Å²) in [6.45, 7) is 5.10. The van der Waals surface area contributed by atoms with Crippen LogP contribution in [-0.4, -0.2) is 50.2 Å². The molecular weight excluding hydrogens is 236 g/mol. The van der Waals surface area contributed by atoms with Crippen molar-refractivity contribution in [3.05, 3.63) is 21.9 Å². The van der Waals surface area contributed by atoms with Crippen LogP contribution in [0.1, 0.15) is 14.5 Å². The minimum Gasteiger partial charge on any atom is -0.374 e. The second-order valence-corrected chi connectivity index (χ2v) is 5.58. The molecule has 1 amide bonds. The number of aryl methyl sites for hydroxylation is 1. The van der Waals surface area contributed by atoms with Gasteiger partial charge in [-0.3, -0.25) is 4.79 Å². The Balaban J connectivity index is 1.90. The zero-order valence-corrected chi connectivity index (χ0v) is 11.0. The Morgan fingerprint density at radius 3 is 3.06 bits per heavy atom. The lowest BCUT2D eigenvalue weighted by atomic mass is 10.3. The number of carbonyl (C=O) groups is 1. The average molecular weight is 254 g/mol. The number of amides is 1. The van der Waals surface area contributed by atoms with Gasteiger partial charge in [0.15, 0.2) is 0 Å². The molecule has 0 saturated carbocycles. The number of hydrogen-bond acceptors (Lipinski definition) is 4. The van der Waals surface area contributed by atoms with Crippen LogP contribution in [0, 0.1) is 6.92 Å². The van der Waals surface area contributed by atoms with E-state index < -0.39 is 0 Å². The van der Waals surface area contributed by atoms with E-state index in [1.54, 1.807) is 4.90 Å². The average Bonchev–Trinajstić information content (AvgIpc) is 2.76. The molecule has 4 nitrogen and oxygen atoms in total. The fourth-order valence-electron chi connectivity index (χ4n) is 1.86. The predicted molar refractivity (Wildman–Crippen MR) is 68.6 cm³/mol. The number of nitrogens with one attached hydrogen (secondary N) is 1. The molecule has 0 spiro atoms. The van der Waals surface area contributed by atoms with Gasteiger partial charge in [-0.15, -0.1) is 11.3 Å². The third-order valence-corrected chi connectivity index (χ3v) is 3.77. The van der Waals surface area contributed by atoms with E-state index in [0.29, 0.717) is 6.54 Å². The summed E-state index contributed by atoms with van der Waals surface area (Å²) in [5, 5.41) is 3.26. The zero-order chi connectivity index (χ0) is 12.3. The third kappa shape index (κ3) is 3.28. The Bertz CT molecular complexity index is 386. The van der Waals surface area contributed by atoms with Crippen LogP contribution in [-0.2, 0) is 4.74 Å². The number of thiophene rings is 1. The Kier molecular flexibility index (Phi) is 4.15. The minimum atomic E-state index is 0.0808. The summed E-state index contributed by atoms with van der Waals surface area (Å²) in [6, 6.07) is 3.86. The van der Waals surface area contributed by atoms with Gasteiger partial charge in [0.05, 0.1) is 17.6 Å². The fraction of sp³-hybridized carbons (Fsp3) is 0.583. The predicted octanol–water partition coefficient (Wildman–Crippen LogP) is 1.12. The molecule has 1 saturated heterocycles. The summed E-state index contributed by atoms with van der Waals surface area (Å²) >= 11 is 1.54. The van der Waals surface area contributed by atoms with Crippen molar-refractivity contribution in [3.63, 3.8) is 0 Å². The molecule has 94 valence electrons. The summed E-state index contributed by atoms with van der Waals surface area (Å²) < 4.78 is 5.59. The number of likely N-dealkylation sites (N-methyl/N-ethyl adjacent to an activating group) is 1. The van der Waals surface area contributed by atoms with Gasteiger partial charge in [0.2, 0.25) is 0 Å². The largest absolute Gasteiger partial charge is 0.374 e. The second kappa shape index (κ2) is 5.62. The number of morpholine rings is 1. The van der Waals surface area contributed by atoms with Gasteiger partial charge in [-0.05, 0) is 19.1 Å². The van der Waals surface area contributed by atoms with Crippen LogP contribution in [0.25, 0.3) is 0 Å². The van der Waals surface area contributed by atoms with Gasteiger partial charge in [-0.25, -0.2) is 0 Å². The summed E-state index contributed by atoms with van der Waals surface area (Å²) in [5.74, 6) is 0.0808. The van der Waals surface area contributed by atoms with Crippen LogP contribution in [0.15, 0.2) is 12.1 Å². The first-order chi connectivity index (χ1) is 8.16. The van der Waals surface area contributed by atoms with E-state index in [2.05, 4.69) is 5.32 Å². The van der Waals surface area contributed by atoms with Crippen molar-refractivity contribution in [2.75, 3.05) is 33.3 Å². The summed E-state index contributed by atoms with van der Waals surface area (Å²) in [5.41, 5.74) is 0. The lowest BCUT2D eigenvalue weighted by Crippen LogP contribution is -2.45. The van der Waals surface area contributed by atoms with E-state index >= 15 is 0 Å². The van der Waals surface area contributed by atoms with Crippen molar-refractivity contribution in [1.29, 1.82) is 0 Å². The van der Waals surface area contributed by atoms with Gasteiger partial charge in [-0.2, -0.15) is 0 Å². The first kappa shape index (κ1) is 12.5. The molecule has 5 heteroatoms. The van der Waals surface area contributed by atoms with Crippen molar-refractivity contribution in [1.82, 2.24) is 10.2 Å². The third-order valence-electron chi connectivity index (χ3n) is 2.78. The maximum absolute atomic E-state index is 12.1. The molecule has 1 N–H and O–H groups in total. The SMILES string of the molecule is Cc1ccc(C(=O)N(C)CC2CNCCO2)s1. The van der Waals surface area contributed by atoms with Crippen LogP contribution in [0.4, 0.5) is 0 Å². The monoisotopic (exact) mass is 254 g/mol. The standard InChI is InChI=1S/C12H18N2O2S/c1-9-3-4-11(17-9)12(15)14(2)8-10-7-13-5-6-16-10/h3-4,10,13H,5-8H2,1-2H3. The van der Waals surface area contributed by atoms with Crippen LogP contribution in [0.2, 0.25) is 0 Å². The van der Waals surface area contributed by atoms with Crippen LogP contribution in [0.5, 0.6) is 0 Å². The molecule has 1 fully saturated rings. The Labute approximate surface area is 106 Å². The highest BCUT2D eigenvalue weighted by atomic mass is 32.1. The van der Waals surface area contributed by atoms with Crippen LogP contribution < -0.4 is 5.32 Å². The second-order valence-electron chi connectivity index (χ2n) is 4.29. The van der Waals surface area contributed by atoms with E-state index in [9.17, 15) is 4.79 Å². The molecule has 1 atom stereocenters. The molecule has 0 bridgehead atoms. The number of nitrogens with zero attached hydrogens (tertiary/aromatic N) is 1. The van der Waals surface area contributed by atoms with E-state index in [-0.39, 0.29) is 12.0 Å². The molecule has 1 aromatic heterocycles. The van der Waals surface area contributed by atoms with E-state index in [1.165, 1.54) is 11.3 Å². The van der Waals surface area contributed by atoms with E-state index in [1.807, 2.05) is 26.1 Å². The molecule has 0 aliphatic carbocycles. The van der Waals surface area contributed by atoms with Crippen LogP contribution in [0.3, 0.4) is 0 Å². The quantitative estimate of drug-likeness (QED) is 0.879. The summed E-state index contributed by atoms with van der Waals surface area (Å²) in [7, 11) is 1.83. The number of rotatable bonds is 3. The maximum atomic E-state index is 12.1. The van der Waals surface area contributed by atoms with Crippen molar-refractivity contribution < 1.29 is 9.53 Å². The summed E-state index contributed by atoms with van der Waals surface area (Å²) in [4.78, 5) is 15.8. The van der Waals surface area contributed by atoms with Crippen molar-refractivity contribution in [2.45, 2.75) is 13.0 Å². The molecule has 2 rings (SSSR count). The van der Waals surface area contributed by atoms with Gasteiger partial charge >= 0.3 is 0 Å². The normalized spacial score (nSPS) is 20.2. The molecule has 0 radical (unpaired) electrons. The zero-order valence-electron chi connectivity index (χ0n) is 10.2. The first-order valence-corrected chi connectivity index (χ1v) is 6.62. The van der Waals surface area contributed by atoms with E-state index in [4.69, 9.17) is 4.74 Å². The number of hydrogen-bond donors (Lipinski definition) is 1. The molecule has 1 aliphatic rings. The Hall–Kier alpha value is -0.910. The molecule has 0 aromatic carbocycles. The van der Waals surface area contributed by atoms with E-state index in [0.717, 1.165) is 29.5 Å². The lowest BCUT2D eigenvalue weighted by Gasteiger charge is -2.27. The minimum absolute atomic E-state index is 0.0808. The highest BCUT2D eigenvalue weighted by Gasteiger charge is 2.20. The highest BCUT2D eigenvalue weighted by Crippen LogP contribution is 2.17. The highest BCUT2D eigenvalue weighted by molar-refractivity contribution is 7.13. The maximum Gasteiger partial charge on any atom is 0.263 e. The number of ether oxygens (including phenoxy) is 1. The van der Waals surface area contributed by atoms with Gasteiger partial charge in [0.1, 0.15) is 0 Å². The topological polar surface area (TPSA) is 41.6 Å². The number of carbonyl (C=O) groups excluding carboxylic acids is 1. The van der Waals surface area contributed by atoms with Gasteiger partial charge in [0.25, 0.3) is 5.91 Å². The van der Waals surface area contributed by atoms with Crippen molar-refractivity contribution in [2.24, 2.45) is 0 Å². The van der Waals surface area contributed by atoms with Gasteiger partial charge in [0, 0.05) is 31.6 Å². The Morgan fingerprint density at radius 1 is 1.65 bits per heavy atom. The molecule has 17 heavy (non-hydrogen) atoms.